The zero-order valence-corrected chi connectivity index (χ0v) is 16.3. The minimum absolute atomic E-state index is 0.154. The van der Waals surface area contributed by atoms with E-state index in [1.54, 1.807) is 24.3 Å². The van der Waals surface area contributed by atoms with Crippen LogP contribution >= 0.6 is 11.3 Å². The van der Waals surface area contributed by atoms with Crippen molar-refractivity contribution in [2.24, 2.45) is 0 Å². The van der Waals surface area contributed by atoms with E-state index in [4.69, 9.17) is 9.15 Å². The molecule has 146 valence electrons. The van der Waals surface area contributed by atoms with Crippen molar-refractivity contribution < 1.29 is 18.9 Å². The molecule has 0 saturated carbocycles. The van der Waals surface area contributed by atoms with E-state index in [2.05, 4.69) is 4.98 Å². The van der Waals surface area contributed by atoms with Crippen LogP contribution in [-0.2, 0) is 0 Å². The van der Waals surface area contributed by atoms with Crippen molar-refractivity contribution in [2.45, 2.75) is 6.92 Å². The van der Waals surface area contributed by atoms with Crippen LogP contribution in [0.25, 0.3) is 22.3 Å². The number of hydrogen-bond donors (Lipinski definition) is 0. The molecule has 4 rings (SSSR count). The molecule has 0 amide bonds. The van der Waals surface area contributed by atoms with Gasteiger partial charge in [-0.1, -0.05) is 0 Å². The number of ether oxygens (including phenoxy) is 1. The SMILES string of the molecule is COc1ccc(-c2nc3sc(C)cn3c2/C=C/C(=O)c2ccco2)cc1[N+](=O)[O-]. The number of hydrogen-bond acceptors (Lipinski definition) is 7. The summed E-state index contributed by atoms with van der Waals surface area (Å²) in [5, 5.41) is 11.4. The van der Waals surface area contributed by atoms with Gasteiger partial charge in [-0.2, -0.15) is 0 Å². The number of ketones is 1. The van der Waals surface area contributed by atoms with Gasteiger partial charge in [-0.05, 0) is 43.3 Å². The first-order chi connectivity index (χ1) is 14.0. The number of fused-ring (bicyclic) bond motifs is 1. The Labute approximate surface area is 168 Å². The predicted octanol–water partition coefficient (Wildman–Crippen LogP) is 4.78. The monoisotopic (exact) mass is 409 g/mol. The van der Waals surface area contributed by atoms with Crippen molar-refractivity contribution >= 4 is 33.8 Å². The molecular formula is C20H15N3O5S. The number of aromatic nitrogens is 2. The zero-order valence-electron chi connectivity index (χ0n) is 15.5. The zero-order chi connectivity index (χ0) is 20.5. The van der Waals surface area contributed by atoms with Gasteiger partial charge >= 0.3 is 5.69 Å². The topological polar surface area (TPSA) is 99.9 Å². The van der Waals surface area contributed by atoms with E-state index in [0.29, 0.717) is 17.0 Å². The average Bonchev–Trinajstić information content (AvgIpc) is 3.42. The Kier molecular flexibility index (Phi) is 4.73. The number of imidazole rings is 1. The summed E-state index contributed by atoms with van der Waals surface area (Å²) >= 11 is 1.49. The van der Waals surface area contributed by atoms with Gasteiger partial charge in [0.05, 0.1) is 29.7 Å². The van der Waals surface area contributed by atoms with Crippen molar-refractivity contribution in [1.82, 2.24) is 9.38 Å². The molecule has 9 heteroatoms. The second kappa shape index (κ2) is 7.36. The molecule has 0 saturated heterocycles. The summed E-state index contributed by atoms with van der Waals surface area (Å²) in [5.41, 5.74) is 1.57. The van der Waals surface area contributed by atoms with E-state index in [0.717, 1.165) is 9.84 Å². The molecule has 0 spiro atoms. The largest absolute Gasteiger partial charge is 0.490 e. The van der Waals surface area contributed by atoms with E-state index in [1.165, 1.54) is 42.9 Å². The molecular weight excluding hydrogens is 394 g/mol. The number of benzene rings is 1. The number of rotatable bonds is 6. The molecule has 0 atom stereocenters. The molecule has 0 aliphatic carbocycles. The van der Waals surface area contributed by atoms with Gasteiger partial charge in [0, 0.05) is 22.7 Å². The summed E-state index contributed by atoms with van der Waals surface area (Å²) in [5.74, 6) is 0.106. The first-order valence-electron chi connectivity index (χ1n) is 8.55. The lowest BCUT2D eigenvalue weighted by atomic mass is 10.1. The second-order valence-corrected chi connectivity index (χ2v) is 7.37. The molecule has 0 radical (unpaired) electrons. The van der Waals surface area contributed by atoms with E-state index in [1.807, 2.05) is 17.5 Å². The number of aryl methyl sites for hydroxylation is 1. The molecule has 0 unspecified atom stereocenters. The molecule has 4 aromatic rings. The summed E-state index contributed by atoms with van der Waals surface area (Å²) in [6.45, 7) is 1.96. The van der Waals surface area contributed by atoms with Crippen LogP contribution in [0, 0.1) is 17.0 Å². The fourth-order valence-electron chi connectivity index (χ4n) is 2.98. The summed E-state index contributed by atoms with van der Waals surface area (Å²) in [6.07, 6.45) is 6.38. The highest BCUT2D eigenvalue weighted by molar-refractivity contribution is 7.17. The molecule has 29 heavy (non-hydrogen) atoms. The predicted molar refractivity (Wildman–Crippen MR) is 109 cm³/mol. The van der Waals surface area contributed by atoms with E-state index in [-0.39, 0.29) is 23.0 Å². The maximum Gasteiger partial charge on any atom is 0.311 e. The Bertz CT molecular complexity index is 1250. The molecule has 0 bridgehead atoms. The summed E-state index contributed by atoms with van der Waals surface area (Å²) in [4.78, 5) is 29.6. The van der Waals surface area contributed by atoms with Gasteiger partial charge in [-0.15, -0.1) is 11.3 Å². The van der Waals surface area contributed by atoms with Crippen LogP contribution in [0.15, 0.2) is 53.3 Å². The number of nitro groups is 1. The van der Waals surface area contributed by atoms with Crippen LogP contribution in [0.2, 0.25) is 0 Å². The highest BCUT2D eigenvalue weighted by Gasteiger charge is 2.20. The number of thiazole rings is 1. The highest BCUT2D eigenvalue weighted by Crippen LogP contribution is 2.35. The molecule has 0 N–H and O–H groups in total. The van der Waals surface area contributed by atoms with Crippen molar-refractivity contribution in [3.05, 3.63) is 75.3 Å². The van der Waals surface area contributed by atoms with Gasteiger partial charge in [-0.25, -0.2) is 4.98 Å². The third-order valence-corrected chi connectivity index (χ3v) is 5.18. The Morgan fingerprint density at radius 2 is 2.21 bits per heavy atom. The van der Waals surface area contributed by atoms with Gasteiger partial charge < -0.3 is 9.15 Å². The molecule has 8 nitrogen and oxygen atoms in total. The van der Waals surface area contributed by atoms with Crippen molar-refractivity contribution in [1.29, 1.82) is 0 Å². The lowest BCUT2D eigenvalue weighted by Crippen LogP contribution is -1.95. The highest BCUT2D eigenvalue weighted by atomic mass is 32.1. The summed E-state index contributed by atoms with van der Waals surface area (Å²) in [7, 11) is 1.38. The van der Waals surface area contributed by atoms with E-state index < -0.39 is 4.92 Å². The molecule has 0 fully saturated rings. The number of allylic oxidation sites excluding steroid dienone is 1. The Hall–Kier alpha value is -3.72. The van der Waals surface area contributed by atoms with Crippen molar-refractivity contribution in [2.75, 3.05) is 7.11 Å². The molecule has 0 aliphatic rings. The van der Waals surface area contributed by atoms with Crippen LogP contribution < -0.4 is 4.74 Å². The van der Waals surface area contributed by atoms with E-state index >= 15 is 0 Å². The lowest BCUT2D eigenvalue weighted by Gasteiger charge is -2.04. The standard InChI is InChI=1S/C20H15N3O5S/c1-12-11-22-14(6-7-16(24)18-4-3-9-28-18)19(21-20(22)29-12)13-5-8-17(27-2)15(10-13)23(25)26/h3-11H,1-2H3/b7-6+. The second-order valence-electron chi connectivity index (χ2n) is 6.16. The van der Waals surface area contributed by atoms with Crippen LogP contribution in [0.4, 0.5) is 5.69 Å². The maximum atomic E-state index is 12.3. The van der Waals surface area contributed by atoms with Gasteiger partial charge in [0.1, 0.15) is 0 Å². The number of nitrogens with zero attached hydrogens (tertiary/aromatic N) is 3. The van der Waals surface area contributed by atoms with Gasteiger partial charge in [0.15, 0.2) is 16.5 Å². The maximum absolute atomic E-state index is 12.3. The third kappa shape index (κ3) is 3.43. The number of nitro benzene ring substituents is 1. The molecule has 1 aromatic carbocycles. The molecule has 3 aromatic heterocycles. The fraction of sp³-hybridized carbons (Fsp3) is 0.100. The lowest BCUT2D eigenvalue weighted by molar-refractivity contribution is -0.385. The first kappa shape index (κ1) is 18.6. The quantitative estimate of drug-likeness (QED) is 0.197. The normalized spacial score (nSPS) is 11.4. The minimum Gasteiger partial charge on any atom is -0.490 e. The molecule has 0 aliphatic heterocycles. The first-order valence-corrected chi connectivity index (χ1v) is 9.37. The van der Waals surface area contributed by atoms with Crippen LogP contribution in [0.3, 0.4) is 0 Å². The Balaban J connectivity index is 1.84. The Morgan fingerprint density at radius 3 is 2.90 bits per heavy atom. The van der Waals surface area contributed by atoms with Gasteiger partial charge in [0.25, 0.3) is 0 Å². The number of methoxy groups -OCH3 is 1. The average molecular weight is 409 g/mol. The summed E-state index contributed by atoms with van der Waals surface area (Å²) in [6, 6.07) is 7.89. The fourth-order valence-corrected chi connectivity index (χ4v) is 3.81. The van der Waals surface area contributed by atoms with Gasteiger partial charge in [-0.3, -0.25) is 19.3 Å². The van der Waals surface area contributed by atoms with E-state index in [9.17, 15) is 14.9 Å². The number of carbonyl (C=O) groups excluding carboxylic acids is 1. The third-order valence-electron chi connectivity index (χ3n) is 4.28. The van der Waals surface area contributed by atoms with Crippen molar-refractivity contribution in [3.8, 4) is 17.0 Å². The van der Waals surface area contributed by atoms with Crippen LogP contribution in [-0.4, -0.2) is 27.2 Å². The van der Waals surface area contributed by atoms with Crippen LogP contribution in [0.5, 0.6) is 5.75 Å². The number of carbonyl (C=O) groups is 1. The van der Waals surface area contributed by atoms with Crippen LogP contribution in [0.1, 0.15) is 21.1 Å². The van der Waals surface area contributed by atoms with Gasteiger partial charge in [0.2, 0.25) is 5.78 Å². The number of furan rings is 1. The molecule has 3 heterocycles. The van der Waals surface area contributed by atoms with Crippen molar-refractivity contribution in [3.63, 3.8) is 0 Å². The minimum atomic E-state index is -0.499. The smallest absolute Gasteiger partial charge is 0.311 e. The summed E-state index contributed by atoms with van der Waals surface area (Å²) < 4.78 is 12.1. The Morgan fingerprint density at radius 1 is 1.38 bits per heavy atom.